The summed E-state index contributed by atoms with van der Waals surface area (Å²) >= 11 is 4.56. The molecule has 2 aromatic heterocycles. The molecule has 1 amide bonds. The number of nitrogen functional groups attached to an aromatic ring is 1. The Morgan fingerprint density at radius 2 is 2.25 bits per heavy atom. The van der Waals surface area contributed by atoms with Crippen molar-refractivity contribution in [2.24, 2.45) is 0 Å². The van der Waals surface area contributed by atoms with Gasteiger partial charge >= 0.3 is 0 Å². The maximum Gasteiger partial charge on any atom is 0.277 e. The fourth-order valence-electron chi connectivity index (χ4n) is 0.937. The Bertz CT molecular complexity index is 511. The van der Waals surface area contributed by atoms with Crippen molar-refractivity contribution in [2.45, 2.75) is 0 Å². The summed E-state index contributed by atoms with van der Waals surface area (Å²) in [4.78, 5) is 15.6. The molecular weight excluding hydrogens is 294 g/mol. The minimum absolute atomic E-state index is 0.195. The van der Waals surface area contributed by atoms with E-state index in [2.05, 4.69) is 36.4 Å². The maximum atomic E-state index is 11.6. The van der Waals surface area contributed by atoms with Crippen molar-refractivity contribution in [3.8, 4) is 0 Å². The molecule has 0 aliphatic rings. The van der Waals surface area contributed by atoms with E-state index in [-0.39, 0.29) is 17.4 Å². The van der Waals surface area contributed by atoms with Gasteiger partial charge in [0.2, 0.25) is 0 Å². The monoisotopic (exact) mass is 299 g/mol. The quantitative estimate of drug-likeness (QED) is 0.877. The van der Waals surface area contributed by atoms with Crippen LogP contribution in [0.1, 0.15) is 10.5 Å². The van der Waals surface area contributed by atoms with Crippen molar-refractivity contribution in [1.29, 1.82) is 0 Å². The summed E-state index contributed by atoms with van der Waals surface area (Å²) in [5.41, 5.74) is 5.56. The predicted octanol–water partition coefficient (Wildman–Crippen LogP) is 1.53. The lowest BCUT2D eigenvalue weighted by Crippen LogP contribution is -2.14. The third-order valence-electron chi connectivity index (χ3n) is 1.62. The normalized spacial score (nSPS) is 10.1. The van der Waals surface area contributed by atoms with Crippen LogP contribution in [0.5, 0.6) is 0 Å². The molecule has 2 heterocycles. The van der Waals surface area contributed by atoms with Crippen LogP contribution in [-0.4, -0.2) is 21.1 Å². The first-order valence-electron chi connectivity index (χ1n) is 4.17. The number of nitrogens with one attached hydrogen (secondary N) is 1. The fraction of sp³-hybridized carbons (Fsp3) is 0. The molecule has 0 spiro atoms. The summed E-state index contributed by atoms with van der Waals surface area (Å²) in [6.07, 6.45) is 1.61. The van der Waals surface area contributed by atoms with E-state index in [0.717, 1.165) is 3.79 Å². The highest BCUT2D eigenvalue weighted by Crippen LogP contribution is 2.23. The molecule has 0 bridgehead atoms. The van der Waals surface area contributed by atoms with Crippen molar-refractivity contribution >= 4 is 44.1 Å². The van der Waals surface area contributed by atoms with Gasteiger partial charge in [0.25, 0.3) is 5.91 Å². The van der Waals surface area contributed by atoms with Crippen LogP contribution in [0.4, 0.5) is 10.9 Å². The number of carbonyl (C=O) groups excluding carboxylic acids is 1. The molecule has 0 unspecified atom stereocenters. The summed E-state index contributed by atoms with van der Waals surface area (Å²) in [5.74, 6) is -0.0945. The Kier molecular flexibility index (Phi) is 3.11. The van der Waals surface area contributed by atoms with E-state index in [9.17, 15) is 4.79 Å². The summed E-state index contributed by atoms with van der Waals surface area (Å²) in [6.45, 7) is 0. The number of carbonyl (C=O) groups is 1. The standard InChI is InChI=1S/C8H6BrN5OS/c9-5-3-11-8(16-5)12-7(15)4-1-2-6(10)14-13-4/h1-3H,(H2,10,14)(H,11,12,15). The average molecular weight is 300 g/mol. The molecule has 0 radical (unpaired) electrons. The molecule has 6 nitrogen and oxygen atoms in total. The molecule has 0 fully saturated rings. The van der Waals surface area contributed by atoms with E-state index >= 15 is 0 Å². The number of hydrogen-bond acceptors (Lipinski definition) is 6. The van der Waals surface area contributed by atoms with Crippen LogP contribution < -0.4 is 11.1 Å². The van der Waals surface area contributed by atoms with Gasteiger partial charge in [0.1, 0.15) is 5.82 Å². The lowest BCUT2D eigenvalue weighted by atomic mass is 10.3. The molecule has 2 rings (SSSR count). The van der Waals surface area contributed by atoms with E-state index in [0.29, 0.717) is 5.13 Å². The van der Waals surface area contributed by atoms with Gasteiger partial charge in [-0.1, -0.05) is 11.3 Å². The Morgan fingerprint density at radius 3 is 2.81 bits per heavy atom. The number of amides is 1. The molecule has 0 atom stereocenters. The van der Waals surface area contributed by atoms with Gasteiger partial charge in [0.05, 0.1) is 9.98 Å². The van der Waals surface area contributed by atoms with Crippen LogP contribution in [0.2, 0.25) is 0 Å². The Labute approximate surface area is 103 Å². The largest absolute Gasteiger partial charge is 0.382 e. The molecule has 3 N–H and O–H groups in total. The molecule has 82 valence electrons. The van der Waals surface area contributed by atoms with E-state index < -0.39 is 0 Å². The SMILES string of the molecule is Nc1ccc(C(=O)Nc2ncc(Br)s2)nn1. The smallest absolute Gasteiger partial charge is 0.277 e. The summed E-state index contributed by atoms with van der Waals surface area (Å²) in [6, 6.07) is 3.01. The van der Waals surface area contributed by atoms with Crippen molar-refractivity contribution in [1.82, 2.24) is 15.2 Å². The second-order valence-corrected chi connectivity index (χ2v) is 5.18. The van der Waals surface area contributed by atoms with Crippen molar-refractivity contribution in [3.05, 3.63) is 27.8 Å². The topological polar surface area (TPSA) is 93.8 Å². The number of hydrogen-bond donors (Lipinski definition) is 2. The molecular formula is C8H6BrN5OS. The van der Waals surface area contributed by atoms with Crippen molar-refractivity contribution in [3.63, 3.8) is 0 Å². The second kappa shape index (κ2) is 4.54. The molecule has 2 aromatic rings. The van der Waals surface area contributed by atoms with Crippen LogP contribution in [0, 0.1) is 0 Å². The first kappa shape index (κ1) is 11.0. The lowest BCUT2D eigenvalue weighted by Gasteiger charge is -1.99. The van der Waals surface area contributed by atoms with E-state index in [1.165, 1.54) is 23.5 Å². The number of aromatic nitrogens is 3. The van der Waals surface area contributed by atoms with Crippen molar-refractivity contribution in [2.75, 3.05) is 11.1 Å². The molecule has 0 saturated heterocycles. The molecule has 0 aliphatic heterocycles. The minimum atomic E-state index is -0.366. The van der Waals surface area contributed by atoms with Gasteiger partial charge in [-0.2, -0.15) is 0 Å². The minimum Gasteiger partial charge on any atom is -0.382 e. The number of halogens is 1. The van der Waals surface area contributed by atoms with Crippen molar-refractivity contribution < 1.29 is 4.79 Å². The Hall–Kier alpha value is -1.54. The maximum absolute atomic E-state index is 11.6. The highest BCUT2D eigenvalue weighted by Gasteiger charge is 2.10. The number of anilines is 2. The predicted molar refractivity (Wildman–Crippen MR) is 64.2 cm³/mol. The van der Waals surface area contributed by atoms with Gasteiger partial charge in [-0.05, 0) is 28.1 Å². The van der Waals surface area contributed by atoms with Crippen LogP contribution in [0.25, 0.3) is 0 Å². The zero-order valence-corrected chi connectivity index (χ0v) is 10.2. The number of nitrogens with zero attached hydrogens (tertiary/aromatic N) is 3. The Balaban J connectivity index is 2.11. The first-order valence-corrected chi connectivity index (χ1v) is 5.78. The highest BCUT2D eigenvalue weighted by molar-refractivity contribution is 9.11. The van der Waals surface area contributed by atoms with Crippen LogP contribution in [0.3, 0.4) is 0 Å². The third-order valence-corrected chi connectivity index (χ3v) is 3.01. The van der Waals surface area contributed by atoms with E-state index in [1.807, 2.05) is 0 Å². The molecule has 0 aliphatic carbocycles. The number of thiazole rings is 1. The summed E-state index contributed by atoms with van der Waals surface area (Å²) in [7, 11) is 0. The highest BCUT2D eigenvalue weighted by atomic mass is 79.9. The van der Waals surface area contributed by atoms with Crippen LogP contribution in [0.15, 0.2) is 22.1 Å². The van der Waals surface area contributed by atoms with Gasteiger partial charge in [0.15, 0.2) is 10.8 Å². The zero-order valence-electron chi connectivity index (χ0n) is 7.85. The second-order valence-electron chi connectivity index (χ2n) is 2.77. The summed E-state index contributed by atoms with van der Waals surface area (Å²) in [5, 5.41) is 10.3. The van der Waals surface area contributed by atoms with Crippen LogP contribution in [-0.2, 0) is 0 Å². The fourth-order valence-corrected chi connectivity index (χ4v) is 2.04. The van der Waals surface area contributed by atoms with Gasteiger partial charge in [-0.15, -0.1) is 10.2 Å². The summed E-state index contributed by atoms with van der Waals surface area (Å²) < 4.78 is 0.839. The third kappa shape index (κ3) is 2.52. The van der Waals surface area contributed by atoms with E-state index in [4.69, 9.17) is 5.73 Å². The molecule has 16 heavy (non-hydrogen) atoms. The molecule has 8 heteroatoms. The van der Waals surface area contributed by atoms with Gasteiger partial charge < -0.3 is 5.73 Å². The Morgan fingerprint density at radius 1 is 1.44 bits per heavy atom. The lowest BCUT2D eigenvalue weighted by molar-refractivity contribution is 0.102. The number of nitrogens with two attached hydrogens (primary N) is 1. The molecule has 0 saturated carbocycles. The number of rotatable bonds is 2. The molecule has 0 aromatic carbocycles. The van der Waals surface area contributed by atoms with Crippen LogP contribution >= 0.6 is 27.3 Å². The van der Waals surface area contributed by atoms with Gasteiger partial charge in [-0.3, -0.25) is 10.1 Å². The van der Waals surface area contributed by atoms with Gasteiger partial charge in [-0.25, -0.2) is 4.98 Å². The van der Waals surface area contributed by atoms with Gasteiger partial charge in [0, 0.05) is 0 Å². The average Bonchev–Trinajstić information content (AvgIpc) is 2.65. The van der Waals surface area contributed by atoms with E-state index in [1.54, 1.807) is 6.20 Å². The first-order chi connectivity index (χ1) is 7.65. The zero-order chi connectivity index (χ0) is 11.5.